The van der Waals surface area contributed by atoms with E-state index >= 15 is 0 Å². The SMILES string of the molecule is COc1c(C)cc(Cl)cc1C(C)(O)CNN. The summed E-state index contributed by atoms with van der Waals surface area (Å²) in [6.07, 6.45) is 0. The lowest BCUT2D eigenvalue weighted by Gasteiger charge is -2.26. The molecule has 0 aliphatic heterocycles. The van der Waals surface area contributed by atoms with Crippen molar-refractivity contribution in [2.24, 2.45) is 5.84 Å². The van der Waals surface area contributed by atoms with E-state index in [9.17, 15) is 5.11 Å². The Kier molecular flexibility index (Phi) is 4.15. The van der Waals surface area contributed by atoms with Crippen LogP contribution in [-0.2, 0) is 5.60 Å². The quantitative estimate of drug-likeness (QED) is 0.552. The second-order valence-corrected chi connectivity index (χ2v) is 4.39. The molecule has 0 bridgehead atoms. The number of benzene rings is 1. The molecule has 1 aromatic carbocycles. The molecule has 1 rings (SSSR count). The van der Waals surface area contributed by atoms with Crippen LogP contribution in [0.25, 0.3) is 0 Å². The number of aliphatic hydroxyl groups is 1. The average molecular weight is 245 g/mol. The van der Waals surface area contributed by atoms with E-state index in [1.54, 1.807) is 26.2 Å². The summed E-state index contributed by atoms with van der Waals surface area (Å²) in [5, 5.41) is 10.8. The Morgan fingerprint density at radius 2 is 2.19 bits per heavy atom. The Bertz CT molecular complexity index is 380. The second kappa shape index (κ2) is 5.01. The molecule has 0 aromatic heterocycles. The highest BCUT2D eigenvalue weighted by molar-refractivity contribution is 6.30. The average Bonchev–Trinajstić information content (AvgIpc) is 2.16. The topological polar surface area (TPSA) is 67.5 Å². The highest BCUT2D eigenvalue weighted by Crippen LogP contribution is 2.34. The highest BCUT2D eigenvalue weighted by atomic mass is 35.5. The first-order valence-electron chi connectivity index (χ1n) is 4.93. The molecule has 90 valence electrons. The van der Waals surface area contributed by atoms with Gasteiger partial charge in [0.05, 0.1) is 7.11 Å². The van der Waals surface area contributed by atoms with Gasteiger partial charge in [0.15, 0.2) is 0 Å². The maximum Gasteiger partial charge on any atom is 0.127 e. The van der Waals surface area contributed by atoms with Gasteiger partial charge >= 0.3 is 0 Å². The van der Waals surface area contributed by atoms with Crippen molar-refractivity contribution in [1.82, 2.24) is 5.43 Å². The van der Waals surface area contributed by atoms with Crippen molar-refractivity contribution in [1.29, 1.82) is 0 Å². The van der Waals surface area contributed by atoms with E-state index in [4.69, 9.17) is 22.2 Å². The molecule has 0 saturated heterocycles. The van der Waals surface area contributed by atoms with Crippen LogP contribution in [0.5, 0.6) is 5.75 Å². The Hall–Kier alpha value is -0.810. The first kappa shape index (κ1) is 13.3. The van der Waals surface area contributed by atoms with Gasteiger partial charge in [-0.25, -0.2) is 0 Å². The molecule has 0 spiro atoms. The van der Waals surface area contributed by atoms with Crippen LogP contribution in [0.4, 0.5) is 0 Å². The normalized spacial score (nSPS) is 14.6. The van der Waals surface area contributed by atoms with Crippen molar-refractivity contribution < 1.29 is 9.84 Å². The van der Waals surface area contributed by atoms with E-state index in [0.29, 0.717) is 16.3 Å². The van der Waals surface area contributed by atoms with Gasteiger partial charge in [0, 0.05) is 17.1 Å². The van der Waals surface area contributed by atoms with Gasteiger partial charge in [0.25, 0.3) is 0 Å². The van der Waals surface area contributed by atoms with E-state index < -0.39 is 5.60 Å². The van der Waals surface area contributed by atoms with Crippen LogP contribution in [0, 0.1) is 6.92 Å². The highest BCUT2D eigenvalue weighted by Gasteiger charge is 2.27. The molecule has 4 nitrogen and oxygen atoms in total. The number of methoxy groups -OCH3 is 1. The van der Waals surface area contributed by atoms with Crippen LogP contribution in [0.1, 0.15) is 18.1 Å². The molecule has 0 fully saturated rings. The minimum absolute atomic E-state index is 0.211. The summed E-state index contributed by atoms with van der Waals surface area (Å²) in [7, 11) is 1.56. The van der Waals surface area contributed by atoms with Gasteiger partial charge in [0.2, 0.25) is 0 Å². The number of nitrogens with two attached hydrogens (primary N) is 1. The van der Waals surface area contributed by atoms with Gasteiger partial charge in [0.1, 0.15) is 11.4 Å². The van der Waals surface area contributed by atoms with Crippen LogP contribution in [-0.4, -0.2) is 18.8 Å². The second-order valence-electron chi connectivity index (χ2n) is 3.96. The molecule has 0 radical (unpaired) electrons. The fourth-order valence-corrected chi connectivity index (χ4v) is 1.97. The Balaban J connectivity index is 3.30. The maximum absolute atomic E-state index is 10.3. The summed E-state index contributed by atoms with van der Waals surface area (Å²) in [5.41, 5.74) is 2.82. The van der Waals surface area contributed by atoms with Crippen molar-refractivity contribution in [2.45, 2.75) is 19.4 Å². The van der Waals surface area contributed by atoms with Crippen LogP contribution in [0.2, 0.25) is 5.02 Å². The Morgan fingerprint density at radius 3 is 2.69 bits per heavy atom. The van der Waals surface area contributed by atoms with Gasteiger partial charge < -0.3 is 9.84 Å². The number of nitrogens with one attached hydrogen (secondary N) is 1. The van der Waals surface area contributed by atoms with Gasteiger partial charge in [-0.15, -0.1) is 0 Å². The third kappa shape index (κ3) is 2.65. The van der Waals surface area contributed by atoms with Crippen molar-refractivity contribution in [3.05, 3.63) is 28.3 Å². The lowest BCUT2D eigenvalue weighted by Crippen LogP contribution is -2.39. The van der Waals surface area contributed by atoms with Crippen LogP contribution in [0.3, 0.4) is 0 Å². The van der Waals surface area contributed by atoms with Crippen LogP contribution >= 0.6 is 11.6 Å². The zero-order valence-corrected chi connectivity index (χ0v) is 10.4. The van der Waals surface area contributed by atoms with Gasteiger partial charge in [-0.2, -0.15) is 0 Å². The number of halogens is 1. The summed E-state index contributed by atoms with van der Waals surface area (Å²) in [6.45, 7) is 3.74. The van der Waals surface area contributed by atoms with Crippen molar-refractivity contribution >= 4 is 11.6 Å². The molecular formula is C11H17ClN2O2. The van der Waals surface area contributed by atoms with Gasteiger partial charge in [-0.3, -0.25) is 11.3 Å². The zero-order chi connectivity index (χ0) is 12.3. The monoisotopic (exact) mass is 244 g/mol. The van der Waals surface area contributed by atoms with E-state index in [1.807, 2.05) is 6.92 Å². The molecule has 1 aromatic rings. The minimum atomic E-state index is -1.13. The van der Waals surface area contributed by atoms with Gasteiger partial charge in [-0.1, -0.05) is 11.6 Å². The number of ether oxygens (including phenoxy) is 1. The smallest absolute Gasteiger partial charge is 0.127 e. The number of rotatable bonds is 4. The molecule has 0 amide bonds. The number of hydrogen-bond donors (Lipinski definition) is 3. The third-order valence-electron chi connectivity index (χ3n) is 2.47. The van der Waals surface area contributed by atoms with Crippen LogP contribution < -0.4 is 16.0 Å². The lowest BCUT2D eigenvalue weighted by atomic mass is 9.93. The maximum atomic E-state index is 10.3. The van der Waals surface area contributed by atoms with Crippen LogP contribution in [0.15, 0.2) is 12.1 Å². The summed E-state index contributed by atoms with van der Waals surface area (Å²) >= 11 is 5.97. The predicted molar refractivity (Wildman–Crippen MR) is 64.5 cm³/mol. The third-order valence-corrected chi connectivity index (χ3v) is 2.69. The van der Waals surface area contributed by atoms with E-state index in [1.165, 1.54) is 0 Å². The number of hydrazine groups is 1. The van der Waals surface area contributed by atoms with Gasteiger partial charge in [-0.05, 0) is 31.5 Å². The number of hydrogen-bond acceptors (Lipinski definition) is 4. The summed E-state index contributed by atoms with van der Waals surface area (Å²) in [6, 6.07) is 3.47. The van der Waals surface area contributed by atoms with Crippen molar-refractivity contribution in [3.63, 3.8) is 0 Å². The summed E-state index contributed by atoms with van der Waals surface area (Å²) < 4.78 is 5.28. The first-order valence-corrected chi connectivity index (χ1v) is 5.30. The lowest BCUT2D eigenvalue weighted by molar-refractivity contribution is 0.0545. The fourth-order valence-electron chi connectivity index (χ4n) is 1.69. The predicted octanol–water partition coefficient (Wildman–Crippen LogP) is 1.33. The van der Waals surface area contributed by atoms with Crippen molar-refractivity contribution in [3.8, 4) is 5.75 Å². The Labute approximate surface area is 100 Å². The molecule has 0 aliphatic rings. The molecule has 0 heterocycles. The summed E-state index contributed by atoms with van der Waals surface area (Å²) in [5.74, 6) is 5.87. The molecular weight excluding hydrogens is 228 g/mol. The van der Waals surface area contributed by atoms with E-state index in [0.717, 1.165) is 5.56 Å². The molecule has 16 heavy (non-hydrogen) atoms. The Morgan fingerprint density at radius 1 is 1.56 bits per heavy atom. The first-order chi connectivity index (χ1) is 7.42. The van der Waals surface area contributed by atoms with Crippen molar-refractivity contribution in [2.75, 3.05) is 13.7 Å². The minimum Gasteiger partial charge on any atom is -0.496 e. The van der Waals surface area contributed by atoms with E-state index in [-0.39, 0.29) is 6.54 Å². The number of aryl methyl sites for hydroxylation is 1. The molecule has 4 N–H and O–H groups in total. The molecule has 0 saturated carbocycles. The molecule has 1 unspecified atom stereocenters. The molecule has 0 aliphatic carbocycles. The van der Waals surface area contributed by atoms with E-state index in [2.05, 4.69) is 5.43 Å². The summed E-state index contributed by atoms with van der Waals surface area (Å²) in [4.78, 5) is 0. The zero-order valence-electron chi connectivity index (χ0n) is 9.67. The standard InChI is InChI=1S/C11H17ClN2O2/c1-7-4-8(12)5-9(10(7)16-3)11(2,15)6-14-13/h4-5,14-15H,6,13H2,1-3H3. The molecule has 5 heteroatoms. The fraction of sp³-hybridized carbons (Fsp3) is 0.455. The molecule has 1 atom stereocenters. The largest absolute Gasteiger partial charge is 0.496 e.